The highest BCUT2D eigenvalue weighted by atomic mass is 16.5. The minimum absolute atomic E-state index is 0.00170. The molecular formula is C25H27N3O4. The Labute approximate surface area is 187 Å². The first-order valence-electron chi connectivity index (χ1n) is 10.5. The van der Waals surface area contributed by atoms with Crippen LogP contribution < -0.4 is 10.1 Å². The normalized spacial score (nSPS) is 10.4. The molecule has 0 aliphatic heterocycles. The highest BCUT2D eigenvalue weighted by molar-refractivity contribution is 5.96. The number of esters is 1. The number of carbonyl (C=O) groups excluding carboxylic acids is 2. The lowest BCUT2D eigenvalue weighted by molar-refractivity contribution is -0.140. The van der Waals surface area contributed by atoms with Gasteiger partial charge in [0, 0.05) is 36.6 Å². The molecule has 3 rings (SSSR count). The van der Waals surface area contributed by atoms with Crippen LogP contribution in [0.5, 0.6) is 5.75 Å². The first-order chi connectivity index (χ1) is 15.6. The standard InChI is InChI=1S/C25H27N3O4/c1-31-23-8-4-3-6-20(23)14-15-26-24-16-21(27-17-28-24)18-10-12-19(13-11-18)22(29)7-5-9-25(30)32-2/h3-4,6,8,10-13,16-17H,5,7,9,14-15H2,1-2H3,(H,26,27,28). The van der Waals surface area contributed by atoms with Gasteiger partial charge in [0.25, 0.3) is 0 Å². The number of ether oxygens (including phenoxy) is 2. The average Bonchev–Trinajstić information content (AvgIpc) is 2.84. The number of rotatable bonds is 11. The van der Waals surface area contributed by atoms with E-state index in [1.54, 1.807) is 19.2 Å². The van der Waals surface area contributed by atoms with Crippen molar-refractivity contribution >= 4 is 17.6 Å². The van der Waals surface area contributed by atoms with Crippen LogP contribution in [0.15, 0.2) is 60.9 Å². The molecule has 0 saturated carbocycles. The Morgan fingerprint density at radius 2 is 1.75 bits per heavy atom. The molecule has 0 fully saturated rings. The topological polar surface area (TPSA) is 90.4 Å². The zero-order valence-corrected chi connectivity index (χ0v) is 18.3. The van der Waals surface area contributed by atoms with E-state index in [-0.39, 0.29) is 18.2 Å². The molecule has 1 aromatic heterocycles. The van der Waals surface area contributed by atoms with Gasteiger partial charge in [-0.25, -0.2) is 9.97 Å². The van der Waals surface area contributed by atoms with Gasteiger partial charge in [-0.05, 0) is 24.5 Å². The van der Waals surface area contributed by atoms with E-state index in [0.717, 1.165) is 34.8 Å². The SMILES string of the molecule is COC(=O)CCCC(=O)c1ccc(-c2cc(NCCc3ccccc3OC)ncn2)cc1. The number of nitrogens with zero attached hydrogens (tertiary/aromatic N) is 2. The molecule has 0 bridgehead atoms. The molecule has 0 unspecified atom stereocenters. The Morgan fingerprint density at radius 3 is 2.50 bits per heavy atom. The van der Waals surface area contributed by atoms with E-state index in [4.69, 9.17) is 4.74 Å². The van der Waals surface area contributed by atoms with Crippen LogP contribution in [0.4, 0.5) is 5.82 Å². The predicted molar refractivity (Wildman–Crippen MR) is 123 cm³/mol. The zero-order chi connectivity index (χ0) is 22.8. The molecule has 3 aromatic rings. The van der Waals surface area contributed by atoms with Crippen LogP contribution in [-0.2, 0) is 16.0 Å². The molecular weight excluding hydrogens is 406 g/mol. The van der Waals surface area contributed by atoms with Crippen LogP contribution in [0.25, 0.3) is 11.3 Å². The molecule has 166 valence electrons. The smallest absolute Gasteiger partial charge is 0.305 e. The van der Waals surface area contributed by atoms with Crippen LogP contribution in [0.2, 0.25) is 0 Å². The highest BCUT2D eigenvalue weighted by Crippen LogP contribution is 2.21. The molecule has 7 nitrogen and oxygen atoms in total. The summed E-state index contributed by atoms with van der Waals surface area (Å²) < 4.78 is 9.99. The molecule has 2 aromatic carbocycles. The molecule has 32 heavy (non-hydrogen) atoms. The van der Waals surface area contributed by atoms with E-state index in [0.29, 0.717) is 24.9 Å². The van der Waals surface area contributed by atoms with Crippen LogP contribution >= 0.6 is 0 Å². The third kappa shape index (κ3) is 6.38. The van der Waals surface area contributed by atoms with Crippen molar-refractivity contribution in [3.8, 4) is 17.0 Å². The number of nitrogens with one attached hydrogen (secondary N) is 1. The summed E-state index contributed by atoms with van der Waals surface area (Å²) in [6.07, 6.45) is 3.35. The minimum Gasteiger partial charge on any atom is -0.496 e. The van der Waals surface area contributed by atoms with E-state index in [2.05, 4.69) is 20.0 Å². The number of ketones is 1. The first-order valence-corrected chi connectivity index (χ1v) is 10.5. The predicted octanol–water partition coefficient (Wildman–Crippen LogP) is 4.33. The van der Waals surface area contributed by atoms with Crippen molar-refractivity contribution in [2.75, 3.05) is 26.1 Å². The number of benzene rings is 2. The van der Waals surface area contributed by atoms with E-state index in [1.165, 1.54) is 13.4 Å². The van der Waals surface area contributed by atoms with E-state index >= 15 is 0 Å². The lowest BCUT2D eigenvalue weighted by Gasteiger charge is -2.10. The molecule has 0 spiro atoms. The third-order valence-electron chi connectivity index (χ3n) is 5.08. The molecule has 0 atom stereocenters. The Hall–Kier alpha value is -3.74. The number of Topliss-reactive ketones (excluding diaryl/α,β-unsaturated/α-hetero) is 1. The summed E-state index contributed by atoms with van der Waals surface area (Å²) in [4.78, 5) is 32.1. The monoisotopic (exact) mass is 433 g/mol. The fraction of sp³-hybridized carbons (Fsp3) is 0.280. The summed E-state index contributed by atoms with van der Waals surface area (Å²) in [5.41, 5.74) is 3.40. The molecule has 0 radical (unpaired) electrons. The van der Waals surface area contributed by atoms with Crippen molar-refractivity contribution in [1.82, 2.24) is 9.97 Å². The van der Waals surface area contributed by atoms with E-state index in [9.17, 15) is 9.59 Å². The fourth-order valence-corrected chi connectivity index (χ4v) is 3.31. The second-order valence-electron chi connectivity index (χ2n) is 7.21. The number of para-hydroxylation sites is 1. The Kier molecular flexibility index (Phi) is 8.31. The Balaban J connectivity index is 1.57. The second kappa shape index (κ2) is 11.6. The lowest BCUT2D eigenvalue weighted by Crippen LogP contribution is -2.07. The summed E-state index contributed by atoms with van der Waals surface area (Å²) >= 11 is 0. The van der Waals surface area contributed by atoms with Gasteiger partial charge in [-0.15, -0.1) is 0 Å². The van der Waals surface area contributed by atoms with Crippen molar-refractivity contribution in [2.45, 2.75) is 25.7 Å². The van der Waals surface area contributed by atoms with Crippen LogP contribution in [0.1, 0.15) is 35.2 Å². The Morgan fingerprint density at radius 1 is 0.969 bits per heavy atom. The van der Waals surface area contributed by atoms with Gasteiger partial charge in [0.05, 0.1) is 19.9 Å². The maximum absolute atomic E-state index is 12.3. The van der Waals surface area contributed by atoms with Gasteiger partial charge in [-0.3, -0.25) is 9.59 Å². The van der Waals surface area contributed by atoms with Crippen molar-refractivity contribution in [1.29, 1.82) is 0 Å². The van der Waals surface area contributed by atoms with Crippen LogP contribution in [0, 0.1) is 0 Å². The van der Waals surface area contributed by atoms with Gasteiger partial charge in [0.15, 0.2) is 5.78 Å². The summed E-state index contributed by atoms with van der Waals surface area (Å²) in [7, 11) is 3.02. The number of aromatic nitrogens is 2. The van der Waals surface area contributed by atoms with Gasteiger partial charge in [0.1, 0.15) is 17.9 Å². The van der Waals surface area contributed by atoms with Crippen molar-refractivity contribution in [3.05, 3.63) is 72.1 Å². The second-order valence-corrected chi connectivity index (χ2v) is 7.21. The van der Waals surface area contributed by atoms with E-state index in [1.807, 2.05) is 42.5 Å². The highest BCUT2D eigenvalue weighted by Gasteiger charge is 2.09. The summed E-state index contributed by atoms with van der Waals surface area (Å²) in [5.74, 6) is 1.30. The van der Waals surface area contributed by atoms with Crippen molar-refractivity contribution < 1.29 is 19.1 Å². The maximum atomic E-state index is 12.3. The Bertz CT molecular complexity index is 1050. The molecule has 0 amide bonds. The van der Waals surface area contributed by atoms with Gasteiger partial charge in [0.2, 0.25) is 0 Å². The fourth-order valence-electron chi connectivity index (χ4n) is 3.31. The molecule has 0 aliphatic rings. The maximum Gasteiger partial charge on any atom is 0.305 e. The summed E-state index contributed by atoms with van der Waals surface area (Å²) in [5, 5.41) is 3.32. The summed E-state index contributed by atoms with van der Waals surface area (Å²) in [6.45, 7) is 0.704. The van der Waals surface area contributed by atoms with Gasteiger partial charge in [-0.2, -0.15) is 0 Å². The largest absolute Gasteiger partial charge is 0.496 e. The molecule has 1 N–H and O–H groups in total. The van der Waals surface area contributed by atoms with E-state index < -0.39 is 0 Å². The van der Waals surface area contributed by atoms with Crippen molar-refractivity contribution in [3.63, 3.8) is 0 Å². The summed E-state index contributed by atoms with van der Waals surface area (Å²) in [6, 6.07) is 17.1. The number of carbonyl (C=O) groups is 2. The first kappa shape index (κ1) is 22.9. The van der Waals surface area contributed by atoms with Crippen LogP contribution in [-0.4, -0.2) is 42.5 Å². The zero-order valence-electron chi connectivity index (χ0n) is 18.3. The lowest BCUT2D eigenvalue weighted by atomic mass is 10.0. The van der Waals surface area contributed by atoms with Crippen LogP contribution in [0.3, 0.4) is 0 Å². The molecule has 1 heterocycles. The number of hydrogen-bond donors (Lipinski definition) is 1. The minimum atomic E-state index is -0.302. The van der Waals surface area contributed by atoms with Crippen molar-refractivity contribution in [2.24, 2.45) is 0 Å². The molecule has 0 saturated heterocycles. The number of anilines is 1. The van der Waals surface area contributed by atoms with Gasteiger partial charge in [-0.1, -0.05) is 42.5 Å². The van der Waals surface area contributed by atoms with Gasteiger partial charge < -0.3 is 14.8 Å². The number of hydrogen-bond acceptors (Lipinski definition) is 7. The molecule has 7 heteroatoms. The number of methoxy groups -OCH3 is 2. The third-order valence-corrected chi connectivity index (χ3v) is 5.08. The van der Waals surface area contributed by atoms with Gasteiger partial charge >= 0.3 is 5.97 Å². The quantitative estimate of drug-likeness (QED) is 0.355. The molecule has 0 aliphatic carbocycles. The average molecular weight is 434 g/mol.